The van der Waals surface area contributed by atoms with Gasteiger partial charge in [0.25, 0.3) is 0 Å². The second-order valence-corrected chi connectivity index (χ2v) is 3.92. The van der Waals surface area contributed by atoms with Crippen molar-refractivity contribution in [3.8, 4) is 0 Å². The summed E-state index contributed by atoms with van der Waals surface area (Å²) in [7, 11) is 1.30. The first-order valence-corrected chi connectivity index (χ1v) is 5.19. The molecule has 0 aromatic carbocycles. The highest BCUT2D eigenvalue weighted by Gasteiger charge is 2.36. The summed E-state index contributed by atoms with van der Waals surface area (Å²) >= 11 is 5.53. The summed E-state index contributed by atoms with van der Waals surface area (Å²) in [6, 6.07) is -0.530. The number of ether oxygens (including phenoxy) is 2. The first-order chi connectivity index (χ1) is 7.06. The smallest absolute Gasteiger partial charge is 0.411 e. The summed E-state index contributed by atoms with van der Waals surface area (Å²) in [6.07, 6.45) is 0.814. The van der Waals surface area contributed by atoms with E-state index in [4.69, 9.17) is 16.3 Å². The molecule has 86 valence electrons. The number of rotatable bonds is 2. The highest BCUT2D eigenvalue weighted by Crippen LogP contribution is 2.20. The molecule has 0 spiro atoms. The quantitative estimate of drug-likeness (QED) is 0.536. The summed E-state index contributed by atoms with van der Waals surface area (Å²) in [4.78, 5) is 24.2. The molecule has 0 aliphatic carbocycles. The summed E-state index contributed by atoms with van der Waals surface area (Å²) in [6.45, 7) is 2.05. The number of carbonyl (C=O) groups excluding carboxylic acids is 2. The molecule has 1 aliphatic rings. The van der Waals surface area contributed by atoms with Crippen molar-refractivity contribution in [3.63, 3.8) is 0 Å². The van der Waals surface area contributed by atoms with E-state index in [2.05, 4.69) is 4.74 Å². The number of esters is 1. The molecule has 1 saturated heterocycles. The Morgan fingerprint density at radius 2 is 2.20 bits per heavy atom. The van der Waals surface area contributed by atoms with Crippen LogP contribution in [-0.4, -0.2) is 42.2 Å². The zero-order valence-electron chi connectivity index (χ0n) is 8.73. The zero-order chi connectivity index (χ0) is 11.4. The van der Waals surface area contributed by atoms with Gasteiger partial charge in [0.05, 0.1) is 7.11 Å². The molecule has 1 fully saturated rings. The van der Waals surface area contributed by atoms with Crippen LogP contribution in [0.3, 0.4) is 0 Å². The Labute approximate surface area is 93.3 Å². The molecule has 2 atom stereocenters. The Bertz CT molecular complexity index is 256. The van der Waals surface area contributed by atoms with Crippen LogP contribution in [0.15, 0.2) is 0 Å². The van der Waals surface area contributed by atoms with Gasteiger partial charge in [0.2, 0.25) is 0 Å². The van der Waals surface area contributed by atoms with E-state index in [0.29, 0.717) is 13.0 Å². The van der Waals surface area contributed by atoms with Crippen LogP contribution in [0, 0.1) is 0 Å². The van der Waals surface area contributed by atoms with Gasteiger partial charge in [-0.1, -0.05) is 11.6 Å². The number of amides is 1. The molecule has 1 rings (SSSR count). The van der Waals surface area contributed by atoms with Gasteiger partial charge in [-0.25, -0.2) is 9.59 Å². The number of alkyl halides is 1. The van der Waals surface area contributed by atoms with Crippen LogP contribution in [0.1, 0.15) is 19.8 Å². The van der Waals surface area contributed by atoms with Gasteiger partial charge in [0.15, 0.2) is 5.56 Å². The fraction of sp³-hybridized carbons (Fsp3) is 0.778. The van der Waals surface area contributed by atoms with Gasteiger partial charge >= 0.3 is 12.1 Å². The average molecular weight is 236 g/mol. The summed E-state index contributed by atoms with van der Waals surface area (Å²) < 4.78 is 9.40. The number of methoxy groups -OCH3 is 1. The molecule has 0 aromatic heterocycles. The lowest BCUT2D eigenvalue weighted by molar-refractivity contribution is -0.145. The highest BCUT2D eigenvalue weighted by atomic mass is 35.5. The number of hydrogen-bond acceptors (Lipinski definition) is 4. The van der Waals surface area contributed by atoms with E-state index in [-0.39, 0.29) is 0 Å². The van der Waals surface area contributed by atoms with Crippen molar-refractivity contribution in [3.05, 3.63) is 0 Å². The maximum Gasteiger partial charge on any atom is 0.411 e. The van der Waals surface area contributed by atoms with E-state index in [1.165, 1.54) is 12.0 Å². The monoisotopic (exact) mass is 235 g/mol. The van der Waals surface area contributed by atoms with Crippen LogP contribution in [0.2, 0.25) is 0 Å². The van der Waals surface area contributed by atoms with Crippen molar-refractivity contribution in [2.45, 2.75) is 31.4 Å². The maximum atomic E-state index is 11.5. The third-order valence-electron chi connectivity index (χ3n) is 2.22. The van der Waals surface area contributed by atoms with Crippen LogP contribution in [-0.2, 0) is 14.3 Å². The second-order valence-electron chi connectivity index (χ2n) is 3.30. The highest BCUT2D eigenvalue weighted by molar-refractivity contribution is 6.19. The van der Waals surface area contributed by atoms with Crippen molar-refractivity contribution in [2.24, 2.45) is 0 Å². The Hall–Kier alpha value is -0.970. The van der Waals surface area contributed by atoms with Crippen molar-refractivity contribution in [2.75, 3.05) is 13.7 Å². The number of carbonyl (C=O) groups is 2. The first kappa shape index (κ1) is 12.1. The molecular weight excluding hydrogens is 222 g/mol. The number of nitrogens with zero attached hydrogens (tertiary/aromatic N) is 1. The van der Waals surface area contributed by atoms with Gasteiger partial charge in [-0.3, -0.25) is 4.90 Å². The third kappa shape index (κ3) is 2.99. The standard InChI is InChI=1S/C9H14ClNO4/c1-6(10)15-9(13)11-5-3-4-7(11)8(12)14-2/h6-7H,3-5H2,1-2H3/t6?,7-/m0/s1. The summed E-state index contributed by atoms with van der Waals surface area (Å²) in [5, 5.41) is 0. The van der Waals surface area contributed by atoms with E-state index in [9.17, 15) is 9.59 Å². The lowest BCUT2D eigenvalue weighted by Gasteiger charge is -2.22. The zero-order valence-corrected chi connectivity index (χ0v) is 9.49. The number of halogens is 1. The van der Waals surface area contributed by atoms with Gasteiger partial charge in [0.1, 0.15) is 6.04 Å². The van der Waals surface area contributed by atoms with E-state index in [1.807, 2.05) is 0 Å². The van der Waals surface area contributed by atoms with E-state index >= 15 is 0 Å². The minimum absolute atomic E-state index is 0.410. The molecule has 0 saturated carbocycles. The molecule has 1 aliphatic heterocycles. The molecule has 0 aromatic rings. The molecule has 0 radical (unpaired) electrons. The fourth-order valence-electron chi connectivity index (χ4n) is 1.57. The van der Waals surface area contributed by atoms with Gasteiger partial charge < -0.3 is 9.47 Å². The summed E-state index contributed by atoms with van der Waals surface area (Å²) in [5.41, 5.74) is -0.698. The molecule has 1 amide bonds. The topological polar surface area (TPSA) is 55.8 Å². The minimum atomic E-state index is -0.698. The Morgan fingerprint density at radius 1 is 1.53 bits per heavy atom. The average Bonchev–Trinajstić information content (AvgIpc) is 2.63. The molecule has 5 nitrogen and oxygen atoms in total. The van der Waals surface area contributed by atoms with Crippen molar-refractivity contribution in [1.82, 2.24) is 4.90 Å². The van der Waals surface area contributed by atoms with Crippen molar-refractivity contribution < 1.29 is 19.1 Å². The molecule has 15 heavy (non-hydrogen) atoms. The van der Waals surface area contributed by atoms with Gasteiger partial charge in [-0.05, 0) is 19.8 Å². The lowest BCUT2D eigenvalue weighted by atomic mass is 10.2. The van der Waals surface area contributed by atoms with Crippen LogP contribution in [0.5, 0.6) is 0 Å². The third-order valence-corrected chi connectivity index (χ3v) is 2.31. The summed E-state index contributed by atoms with van der Waals surface area (Å²) in [5.74, 6) is -0.410. The van der Waals surface area contributed by atoms with Gasteiger partial charge in [-0.2, -0.15) is 0 Å². The number of hydrogen-bond donors (Lipinski definition) is 0. The van der Waals surface area contributed by atoms with E-state index < -0.39 is 23.7 Å². The molecular formula is C9H14ClNO4. The second kappa shape index (κ2) is 5.21. The minimum Gasteiger partial charge on any atom is -0.467 e. The van der Waals surface area contributed by atoms with Gasteiger partial charge in [0, 0.05) is 6.54 Å². The lowest BCUT2D eigenvalue weighted by Crippen LogP contribution is -2.41. The predicted octanol–water partition coefficient (Wildman–Crippen LogP) is 1.35. The molecule has 1 unspecified atom stereocenters. The van der Waals surface area contributed by atoms with E-state index in [1.54, 1.807) is 6.92 Å². The van der Waals surface area contributed by atoms with Crippen LogP contribution in [0.4, 0.5) is 4.79 Å². The molecule has 1 heterocycles. The molecule has 6 heteroatoms. The van der Waals surface area contributed by atoms with Gasteiger partial charge in [-0.15, -0.1) is 0 Å². The predicted molar refractivity (Wildman–Crippen MR) is 53.5 cm³/mol. The molecule has 0 bridgehead atoms. The van der Waals surface area contributed by atoms with Crippen molar-refractivity contribution >= 4 is 23.7 Å². The Morgan fingerprint density at radius 3 is 2.73 bits per heavy atom. The molecule has 0 N–H and O–H groups in total. The van der Waals surface area contributed by atoms with Crippen LogP contribution < -0.4 is 0 Å². The Balaban J connectivity index is 2.60. The maximum absolute atomic E-state index is 11.5. The van der Waals surface area contributed by atoms with E-state index in [0.717, 1.165) is 6.42 Å². The number of likely N-dealkylation sites (tertiary alicyclic amines) is 1. The SMILES string of the molecule is COC(=O)[C@@H]1CCCN1C(=O)OC(C)Cl. The normalized spacial score (nSPS) is 22.3. The van der Waals surface area contributed by atoms with Crippen LogP contribution >= 0.6 is 11.6 Å². The largest absolute Gasteiger partial charge is 0.467 e. The Kier molecular flexibility index (Phi) is 4.20. The first-order valence-electron chi connectivity index (χ1n) is 4.75. The van der Waals surface area contributed by atoms with Crippen LogP contribution in [0.25, 0.3) is 0 Å². The van der Waals surface area contributed by atoms with Crippen molar-refractivity contribution in [1.29, 1.82) is 0 Å². The fourth-order valence-corrected chi connectivity index (χ4v) is 1.65.